The standard InChI is InChI=1S/C42H73N3O8/c1-23(2)8-7-9-27-22-53-37(25(27)4)38(50)40(6,51)32-14-17-42(52)34-28(13-15-39(32,42)5)41(16-12-26-10-11-33(43)44-21-26)19-31(48)30(47)18-29(41)36(49)35(34)45-20-24(3)46/h23-34,37-38,44,46-48,50-52H,7-22,43H2,1-6H3/p+1/t24-,25+,26?,27+,28+,29+,30+,31-,32+,33?,34-,37+,38+,39+,40+,41+,42-/m0/s1. The van der Waals surface area contributed by atoms with Crippen LogP contribution < -0.4 is 11.1 Å². The van der Waals surface area contributed by atoms with Crippen LogP contribution in [0.25, 0.3) is 0 Å². The molecule has 17 atom stereocenters. The topological polar surface area (TPSA) is 203 Å². The van der Waals surface area contributed by atoms with Crippen LogP contribution in [-0.4, -0.2) is 110 Å². The number of fused-ring (bicyclic) bond motifs is 5. The van der Waals surface area contributed by atoms with E-state index in [1.807, 2.05) is 6.92 Å². The lowest BCUT2D eigenvalue weighted by atomic mass is 9.40. The van der Waals surface area contributed by atoms with Crippen LogP contribution in [0.4, 0.5) is 0 Å². The second-order valence-electron chi connectivity index (χ2n) is 19.9. The third-order valence-corrected chi connectivity index (χ3v) is 16.2. The molecule has 0 aromatic heterocycles. The minimum absolute atomic E-state index is 0.0231. The first-order valence-electron chi connectivity index (χ1n) is 21.3. The number of rotatable bonds is 12. The van der Waals surface area contributed by atoms with Gasteiger partial charge < -0.3 is 40.7 Å². The zero-order valence-electron chi connectivity index (χ0n) is 33.5. The number of piperidine rings is 1. The molecule has 2 saturated heterocycles. The third kappa shape index (κ3) is 7.35. The van der Waals surface area contributed by atoms with Gasteiger partial charge >= 0.3 is 0 Å². The first-order chi connectivity index (χ1) is 24.9. The number of hydrogen-bond donors (Lipinski definition) is 8. The summed E-state index contributed by atoms with van der Waals surface area (Å²) >= 11 is 0. The van der Waals surface area contributed by atoms with E-state index in [0.717, 1.165) is 45.1 Å². The Kier molecular flexibility index (Phi) is 12.3. The molecule has 0 aromatic carbocycles. The van der Waals surface area contributed by atoms with E-state index >= 15 is 0 Å². The quantitative estimate of drug-likeness (QED) is 0.147. The molecule has 4 aliphatic carbocycles. The molecule has 304 valence electrons. The van der Waals surface area contributed by atoms with Crippen LogP contribution in [0.15, 0.2) is 4.99 Å². The summed E-state index contributed by atoms with van der Waals surface area (Å²) in [5.74, 6) is -0.614. The normalized spacial score (nSPS) is 47.5. The SMILES string of the molecule is CC(C)CCC[C@@H]1CO[C@@H]([C@@H](O)[C@](C)(O)[C@@H]2CC[C@]3(O)[C@@H]4C(=NC[C@H](C)O)C(=O)[C@H]5C[C@@H](O)[C@@H](O)C[C@]5(CCC5CCC(N)[NH2+]C5)[C@@H]4CC[C@]23C)[C@@H]1C. The number of aliphatic hydroxyl groups excluding tert-OH is 4. The van der Waals surface area contributed by atoms with Gasteiger partial charge in [-0.1, -0.05) is 40.5 Å². The average Bonchev–Trinajstić information content (AvgIpc) is 3.60. The van der Waals surface area contributed by atoms with E-state index in [0.29, 0.717) is 62.2 Å². The van der Waals surface area contributed by atoms with Crippen molar-refractivity contribution in [2.24, 2.45) is 68.9 Å². The van der Waals surface area contributed by atoms with E-state index in [1.54, 1.807) is 13.8 Å². The monoisotopic (exact) mass is 749 g/mol. The van der Waals surface area contributed by atoms with Crippen molar-refractivity contribution in [1.82, 2.24) is 0 Å². The minimum atomic E-state index is -1.57. The van der Waals surface area contributed by atoms with E-state index in [2.05, 4.69) is 26.1 Å². The predicted octanol–water partition coefficient (Wildman–Crippen LogP) is 2.31. The Labute approximate surface area is 317 Å². The van der Waals surface area contributed by atoms with Gasteiger partial charge in [0.25, 0.3) is 0 Å². The molecule has 0 spiro atoms. The number of ether oxygens (including phenoxy) is 1. The molecule has 4 saturated carbocycles. The fourth-order valence-corrected chi connectivity index (χ4v) is 13.0. The number of Topliss-reactive ketones (excluding diaryl/α,β-unsaturated/α-hetero) is 1. The number of aliphatic hydroxyl groups is 6. The van der Waals surface area contributed by atoms with E-state index in [-0.39, 0.29) is 43.2 Å². The van der Waals surface area contributed by atoms with Gasteiger partial charge in [0.15, 0.2) is 5.78 Å². The highest BCUT2D eigenvalue weighted by atomic mass is 16.5. The van der Waals surface area contributed by atoms with Crippen molar-refractivity contribution in [3.63, 3.8) is 0 Å². The van der Waals surface area contributed by atoms with Gasteiger partial charge in [0.2, 0.25) is 0 Å². The fourth-order valence-electron chi connectivity index (χ4n) is 13.0. The average molecular weight is 749 g/mol. The Hall–Kier alpha value is -1.02. The molecule has 2 unspecified atom stereocenters. The lowest BCUT2D eigenvalue weighted by Gasteiger charge is -2.65. The summed E-state index contributed by atoms with van der Waals surface area (Å²) in [6, 6.07) is 0. The largest absolute Gasteiger partial charge is 0.391 e. The molecule has 2 heterocycles. The molecule has 2 aliphatic heterocycles. The van der Waals surface area contributed by atoms with Crippen LogP contribution in [0.2, 0.25) is 0 Å². The Morgan fingerprint density at radius 3 is 2.47 bits per heavy atom. The maximum atomic E-state index is 14.9. The van der Waals surface area contributed by atoms with Crippen LogP contribution in [0.1, 0.15) is 125 Å². The summed E-state index contributed by atoms with van der Waals surface area (Å²) < 4.78 is 6.27. The molecule has 6 aliphatic rings. The van der Waals surface area contributed by atoms with Gasteiger partial charge in [0.1, 0.15) is 12.3 Å². The third-order valence-electron chi connectivity index (χ3n) is 16.2. The highest BCUT2D eigenvalue weighted by molar-refractivity contribution is 6.42. The number of nitrogens with zero attached hydrogens (tertiary/aromatic N) is 1. The lowest BCUT2D eigenvalue weighted by Crippen LogP contribution is -2.95. The summed E-state index contributed by atoms with van der Waals surface area (Å²) in [7, 11) is 0. The molecule has 11 nitrogen and oxygen atoms in total. The first kappa shape index (κ1) is 41.6. The van der Waals surface area contributed by atoms with Gasteiger partial charge in [0.05, 0.1) is 61.0 Å². The molecule has 11 heteroatoms. The molecule has 6 fully saturated rings. The summed E-state index contributed by atoms with van der Waals surface area (Å²) in [5.41, 5.74) is 1.99. The van der Waals surface area contributed by atoms with E-state index in [9.17, 15) is 35.4 Å². The first-order valence-corrected chi connectivity index (χ1v) is 21.3. The van der Waals surface area contributed by atoms with Gasteiger partial charge in [-0.25, -0.2) is 0 Å². The Bertz CT molecular complexity index is 1320. The predicted molar refractivity (Wildman–Crippen MR) is 203 cm³/mol. The lowest BCUT2D eigenvalue weighted by molar-refractivity contribution is -0.703. The molecule has 0 bridgehead atoms. The molecule has 0 radical (unpaired) electrons. The van der Waals surface area contributed by atoms with Crippen LogP contribution in [0.5, 0.6) is 0 Å². The van der Waals surface area contributed by atoms with E-state index < -0.39 is 70.3 Å². The highest BCUT2D eigenvalue weighted by Crippen LogP contribution is 2.70. The summed E-state index contributed by atoms with van der Waals surface area (Å²) in [5, 5.41) is 72.8. The van der Waals surface area contributed by atoms with Crippen molar-refractivity contribution in [3.05, 3.63) is 0 Å². The van der Waals surface area contributed by atoms with Crippen molar-refractivity contribution in [2.75, 3.05) is 19.7 Å². The molecule has 0 aromatic rings. The zero-order chi connectivity index (χ0) is 38.7. The second-order valence-corrected chi connectivity index (χ2v) is 19.9. The van der Waals surface area contributed by atoms with E-state index in [1.165, 1.54) is 0 Å². The Morgan fingerprint density at radius 2 is 1.81 bits per heavy atom. The van der Waals surface area contributed by atoms with Gasteiger partial charge in [-0.05, 0) is 113 Å². The Morgan fingerprint density at radius 1 is 1.08 bits per heavy atom. The summed E-state index contributed by atoms with van der Waals surface area (Å²) in [6.07, 6.45) is 4.91. The maximum absolute atomic E-state index is 14.9. The number of aliphatic imine (C=N–C) groups is 1. The van der Waals surface area contributed by atoms with Gasteiger partial charge in [0, 0.05) is 29.6 Å². The molecule has 0 amide bonds. The van der Waals surface area contributed by atoms with E-state index in [4.69, 9.17) is 15.5 Å². The number of hydrogen-bond acceptors (Lipinski definition) is 10. The molecule has 6 rings (SSSR count). The smallest absolute Gasteiger partial charge is 0.180 e. The molecular weight excluding hydrogens is 674 g/mol. The highest BCUT2D eigenvalue weighted by Gasteiger charge is 2.74. The number of carbonyl (C=O) groups is 1. The number of ketones is 1. The van der Waals surface area contributed by atoms with Crippen molar-refractivity contribution in [2.45, 2.75) is 173 Å². The second kappa shape index (κ2) is 15.7. The maximum Gasteiger partial charge on any atom is 0.180 e. The number of carbonyl (C=O) groups excluding carboxylic acids is 1. The van der Waals surface area contributed by atoms with Gasteiger partial charge in [-0.3, -0.25) is 15.5 Å². The molecule has 53 heavy (non-hydrogen) atoms. The fraction of sp³-hybridized carbons (Fsp3) is 0.952. The Balaban J connectivity index is 1.33. The van der Waals surface area contributed by atoms with Crippen LogP contribution in [0, 0.1) is 58.2 Å². The van der Waals surface area contributed by atoms with Gasteiger partial charge in [-0.15, -0.1) is 0 Å². The van der Waals surface area contributed by atoms with Crippen molar-refractivity contribution >= 4 is 11.5 Å². The van der Waals surface area contributed by atoms with Crippen molar-refractivity contribution < 1.29 is 45.5 Å². The number of nitrogens with two attached hydrogens (primary N) is 2. The number of quaternary nitrogens is 1. The van der Waals surface area contributed by atoms with Gasteiger partial charge in [-0.2, -0.15) is 0 Å². The molecular formula is C42H74N3O8+. The zero-order valence-corrected chi connectivity index (χ0v) is 33.5. The van der Waals surface area contributed by atoms with Crippen LogP contribution in [-0.2, 0) is 9.53 Å². The van der Waals surface area contributed by atoms with Crippen LogP contribution >= 0.6 is 0 Å². The minimum Gasteiger partial charge on any atom is -0.391 e. The van der Waals surface area contributed by atoms with Crippen LogP contribution in [0.3, 0.4) is 0 Å². The van der Waals surface area contributed by atoms with Crippen molar-refractivity contribution in [3.8, 4) is 0 Å². The van der Waals surface area contributed by atoms with Crippen molar-refractivity contribution in [1.29, 1.82) is 0 Å². The summed E-state index contributed by atoms with van der Waals surface area (Å²) in [4.78, 5) is 19.7. The molecule has 10 N–H and O–H groups in total. The summed E-state index contributed by atoms with van der Waals surface area (Å²) in [6.45, 7) is 13.5.